The van der Waals surface area contributed by atoms with E-state index in [1.807, 2.05) is 19.3 Å². The first-order valence-electron chi connectivity index (χ1n) is 5.30. The van der Waals surface area contributed by atoms with Gasteiger partial charge in [0.25, 0.3) is 0 Å². The second kappa shape index (κ2) is 5.46. The van der Waals surface area contributed by atoms with Crippen LogP contribution >= 0.6 is 23.2 Å². The fourth-order valence-electron chi connectivity index (χ4n) is 1.54. The van der Waals surface area contributed by atoms with E-state index in [0.717, 1.165) is 0 Å². The third-order valence-corrected chi connectivity index (χ3v) is 3.23. The number of carbonyl (C=O) groups is 1. The number of rotatable bonds is 4. The normalized spacial score (nSPS) is 10.4. The highest BCUT2D eigenvalue weighted by Gasteiger charge is 2.10. The molecule has 94 valence electrons. The second-order valence-corrected chi connectivity index (χ2v) is 4.61. The van der Waals surface area contributed by atoms with Crippen LogP contribution in [0.2, 0.25) is 10.0 Å². The van der Waals surface area contributed by atoms with Crippen LogP contribution in [-0.2, 0) is 7.05 Å². The van der Waals surface area contributed by atoms with E-state index in [1.54, 1.807) is 28.8 Å². The lowest BCUT2D eigenvalue weighted by Gasteiger charge is -2.07. The minimum Gasteiger partial charge on any atom is -0.485 e. The number of Topliss-reactive ketones (excluding diaryl/α,β-unsaturated/α-hetero) is 1. The molecule has 0 aliphatic heterocycles. The van der Waals surface area contributed by atoms with Gasteiger partial charge in [0.15, 0.2) is 6.61 Å². The molecule has 0 radical (unpaired) electrons. The van der Waals surface area contributed by atoms with Crippen LogP contribution in [-0.4, -0.2) is 17.0 Å². The molecule has 0 saturated heterocycles. The molecule has 18 heavy (non-hydrogen) atoms. The maximum absolute atomic E-state index is 11.8. The van der Waals surface area contributed by atoms with Crippen molar-refractivity contribution < 1.29 is 9.53 Å². The molecule has 1 heterocycles. The van der Waals surface area contributed by atoms with Gasteiger partial charge in [0.2, 0.25) is 5.78 Å². The van der Waals surface area contributed by atoms with Crippen molar-refractivity contribution >= 4 is 29.0 Å². The average molecular weight is 284 g/mol. The molecule has 0 spiro atoms. The molecule has 0 unspecified atom stereocenters. The molecule has 5 heteroatoms. The lowest BCUT2D eigenvalue weighted by atomic mass is 10.3. The molecule has 1 aromatic heterocycles. The maximum Gasteiger partial charge on any atom is 0.216 e. The minimum atomic E-state index is -0.0893. The lowest BCUT2D eigenvalue weighted by Crippen LogP contribution is -2.14. The van der Waals surface area contributed by atoms with Gasteiger partial charge in [0.05, 0.1) is 15.7 Å². The molecule has 0 atom stereocenters. The zero-order valence-electron chi connectivity index (χ0n) is 9.69. The topological polar surface area (TPSA) is 31.2 Å². The van der Waals surface area contributed by atoms with Gasteiger partial charge in [-0.3, -0.25) is 4.79 Å². The van der Waals surface area contributed by atoms with Gasteiger partial charge in [-0.25, -0.2) is 0 Å². The molecule has 0 aliphatic rings. The predicted octanol–water partition coefficient (Wildman–Crippen LogP) is 3.59. The molecule has 0 N–H and O–H groups in total. The van der Waals surface area contributed by atoms with E-state index in [9.17, 15) is 4.79 Å². The summed E-state index contributed by atoms with van der Waals surface area (Å²) in [7, 11) is 1.81. The Hall–Kier alpha value is -1.45. The van der Waals surface area contributed by atoms with Crippen molar-refractivity contribution in [2.75, 3.05) is 6.61 Å². The summed E-state index contributed by atoms with van der Waals surface area (Å²) >= 11 is 11.6. The Balaban J connectivity index is 2.02. The third-order valence-electron chi connectivity index (χ3n) is 2.49. The van der Waals surface area contributed by atoms with Crippen LogP contribution in [0.3, 0.4) is 0 Å². The molecule has 0 saturated carbocycles. The molecule has 2 rings (SSSR count). The van der Waals surface area contributed by atoms with Gasteiger partial charge < -0.3 is 9.30 Å². The monoisotopic (exact) mass is 283 g/mol. The van der Waals surface area contributed by atoms with Crippen LogP contribution in [0.4, 0.5) is 0 Å². The largest absolute Gasteiger partial charge is 0.485 e. The van der Waals surface area contributed by atoms with Gasteiger partial charge in [0.1, 0.15) is 5.75 Å². The Morgan fingerprint density at radius 2 is 2.06 bits per heavy atom. The summed E-state index contributed by atoms with van der Waals surface area (Å²) in [6, 6.07) is 8.45. The molecule has 0 aliphatic carbocycles. The molecule has 0 bridgehead atoms. The molecule has 2 aromatic rings. The number of aromatic nitrogens is 1. The molecular formula is C13H11Cl2NO2. The van der Waals surface area contributed by atoms with Crippen LogP contribution < -0.4 is 4.74 Å². The van der Waals surface area contributed by atoms with E-state index in [1.165, 1.54) is 0 Å². The molecule has 0 fully saturated rings. The fraction of sp³-hybridized carbons (Fsp3) is 0.154. The van der Waals surface area contributed by atoms with Crippen LogP contribution in [0.5, 0.6) is 5.75 Å². The average Bonchev–Trinajstić information content (AvgIpc) is 2.77. The number of hydrogen-bond donors (Lipinski definition) is 0. The molecule has 1 aromatic carbocycles. The zero-order chi connectivity index (χ0) is 13.1. The highest BCUT2D eigenvalue weighted by Crippen LogP contribution is 2.26. The quantitative estimate of drug-likeness (QED) is 0.803. The van der Waals surface area contributed by atoms with Crippen LogP contribution in [0.1, 0.15) is 10.5 Å². The molecular weight excluding hydrogens is 273 g/mol. The summed E-state index contributed by atoms with van der Waals surface area (Å²) < 4.78 is 7.13. The van der Waals surface area contributed by atoms with E-state index < -0.39 is 0 Å². The number of ether oxygens (including phenoxy) is 1. The van der Waals surface area contributed by atoms with E-state index >= 15 is 0 Å². The number of ketones is 1. The van der Waals surface area contributed by atoms with Crippen molar-refractivity contribution in [3.05, 3.63) is 52.3 Å². The van der Waals surface area contributed by atoms with Crippen LogP contribution in [0, 0.1) is 0 Å². The van der Waals surface area contributed by atoms with Gasteiger partial charge in [-0.2, -0.15) is 0 Å². The maximum atomic E-state index is 11.8. The fourth-order valence-corrected chi connectivity index (χ4v) is 1.83. The first-order chi connectivity index (χ1) is 8.58. The molecule has 0 amide bonds. The van der Waals surface area contributed by atoms with Gasteiger partial charge in [-0.1, -0.05) is 23.2 Å². The van der Waals surface area contributed by atoms with Crippen LogP contribution in [0.15, 0.2) is 36.5 Å². The summed E-state index contributed by atoms with van der Waals surface area (Å²) in [4.78, 5) is 11.8. The van der Waals surface area contributed by atoms with Crippen LogP contribution in [0.25, 0.3) is 0 Å². The minimum absolute atomic E-state index is 0.0319. The summed E-state index contributed by atoms with van der Waals surface area (Å²) in [6.45, 7) is -0.0319. The van der Waals surface area contributed by atoms with E-state index in [2.05, 4.69) is 0 Å². The first-order valence-corrected chi connectivity index (χ1v) is 6.06. The Labute approximate surface area is 115 Å². The van der Waals surface area contributed by atoms with Gasteiger partial charge >= 0.3 is 0 Å². The van der Waals surface area contributed by atoms with Crippen molar-refractivity contribution in [1.82, 2.24) is 4.57 Å². The summed E-state index contributed by atoms with van der Waals surface area (Å²) in [5, 5.41) is 0.860. The summed E-state index contributed by atoms with van der Waals surface area (Å²) in [5.74, 6) is 0.431. The number of carbonyl (C=O) groups excluding carboxylic acids is 1. The highest BCUT2D eigenvalue weighted by molar-refractivity contribution is 6.42. The van der Waals surface area contributed by atoms with Crippen molar-refractivity contribution in [3.8, 4) is 5.75 Å². The highest BCUT2D eigenvalue weighted by atomic mass is 35.5. The number of aryl methyl sites for hydroxylation is 1. The number of hydrogen-bond acceptors (Lipinski definition) is 2. The van der Waals surface area contributed by atoms with Crippen molar-refractivity contribution in [2.45, 2.75) is 0 Å². The van der Waals surface area contributed by atoms with E-state index in [-0.39, 0.29) is 12.4 Å². The van der Waals surface area contributed by atoms with Crippen molar-refractivity contribution in [3.63, 3.8) is 0 Å². The SMILES string of the molecule is Cn1cccc1C(=O)COc1ccc(Cl)c(Cl)c1. The van der Waals surface area contributed by atoms with Crippen molar-refractivity contribution in [1.29, 1.82) is 0 Å². The molecule has 3 nitrogen and oxygen atoms in total. The first kappa shape index (κ1) is 13.0. The Kier molecular flexibility index (Phi) is 3.94. The predicted molar refractivity (Wildman–Crippen MR) is 71.7 cm³/mol. The zero-order valence-corrected chi connectivity index (χ0v) is 11.2. The summed E-state index contributed by atoms with van der Waals surface area (Å²) in [6.07, 6.45) is 1.81. The Bertz CT molecular complexity index is 578. The van der Waals surface area contributed by atoms with E-state index in [4.69, 9.17) is 27.9 Å². The van der Waals surface area contributed by atoms with Gasteiger partial charge in [-0.15, -0.1) is 0 Å². The van der Waals surface area contributed by atoms with Gasteiger partial charge in [0, 0.05) is 19.3 Å². The van der Waals surface area contributed by atoms with Gasteiger partial charge in [-0.05, 0) is 24.3 Å². The third kappa shape index (κ3) is 2.86. The Morgan fingerprint density at radius 1 is 1.28 bits per heavy atom. The summed E-state index contributed by atoms with van der Waals surface area (Å²) in [5.41, 5.74) is 0.607. The number of nitrogens with zero attached hydrogens (tertiary/aromatic N) is 1. The van der Waals surface area contributed by atoms with E-state index in [0.29, 0.717) is 21.5 Å². The Morgan fingerprint density at radius 3 is 2.67 bits per heavy atom. The smallest absolute Gasteiger partial charge is 0.216 e. The number of benzene rings is 1. The second-order valence-electron chi connectivity index (χ2n) is 3.79. The number of halogens is 2. The van der Waals surface area contributed by atoms with Crippen molar-refractivity contribution in [2.24, 2.45) is 7.05 Å². The lowest BCUT2D eigenvalue weighted by molar-refractivity contribution is 0.0913. The standard InChI is InChI=1S/C13H11Cl2NO2/c1-16-6-2-3-12(16)13(17)8-18-9-4-5-10(14)11(15)7-9/h2-7H,8H2,1H3.